The third-order valence-electron chi connectivity index (χ3n) is 7.14. The highest BCUT2D eigenvalue weighted by molar-refractivity contribution is 7.92. The first-order valence-electron chi connectivity index (χ1n) is 14.5. The van der Waals surface area contributed by atoms with Crippen molar-refractivity contribution in [2.24, 2.45) is 0 Å². The largest absolute Gasteiger partial charge is 0.352 e. The Morgan fingerprint density at radius 2 is 1.43 bits per heavy atom. The molecule has 7 nitrogen and oxygen atoms in total. The molecule has 0 aromatic heterocycles. The number of carbonyl (C=O) groups excluding carboxylic acids is 2. The fraction of sp³-hybridized carbons (Fsp3) is 0.257. The number of carbonyl (C=O) groups is 2. The topological polar surface area (TPSA) is 86.8 Å². The molecule has 0 heterocycles. The van der Waals surface area contributed by atoms with Crippen LogP contribution in [0.1, 0.15) is 36.1 Å². The van der Waals surface area contributed by atoms with Crippen molar-refractivity contribution in [2.75, 3.05) is 10.8 Å². The van der Waals surface area contributed by atoms with E-state index in [1.807, 2.05) is 82.3 Å². The highest BCUT2D eigenvalue weighted by Gasteiger charge is 2.34. The van der Waals surface area contributed by atoms with Gasteiger partial charge in [0, 0.05) is 24.0 Å². The van der Waals surface area contributed by atoms with Crippen LogP contribution in [0.5, 0.6) is 0 Å². The van der Waals surface area contributed by atoms with Crippen LogP contribution in [0, 0.1) is 13.8 Å². The molecule has 1 atom stereocenters. The SMILES string of the molecule is Cc1ccc(S(=O)(=O)N(CC(=O)N(Cc2cccc(C)c2)C(Cc2ccccc2)C(=O)NC(C)C)c2ccc(Cl)cc2)cc1. The zero-order valence-electron chi connectivity index (χ0n) is 25.4. The van der Waals surface area contributed by atoms with Crippen LogP contribution in [0.3, 0.4) is 0 Å². The van der Waals surface area contributed by atoms with Crippen LogP contribution in [-0.2, 0) is 32.6 Å². The summed E-state index contributed by atoms with van der Waals surface area (Å²) in [5.74, 6) is -0.832. The minimum atomic E-state index is -4.17. The van der Waals surface area contributed by atoms with Crippen LogP contribution in [0.4, 0.5) is 5.69 Å². The number of amides is 2. The molecule has 1 unspecified atom stereocenters. The van der Waals surface area contributed by atoms with E-state index in [9.17, 15) is 18.0 Å². The van der Waals surface area contributed by atoms with E-state index in [1.165, 1.54) is 17.0 Å². The van der Waals surface area contributed by atoms with E-state index >= 15 is 0 Å². The molecule has 9 heteroatoms. The average Bonchev–Trinajstić information content (AvgIpc) is 2.98. The molecule has 230 valence electrons. The lowest BCUT2D eigenvalue weighted by Gasteiger charge is -2.34. The Labute approximate surface area is 265 Å². The van der Waals surface area contributed by atoms with Crippen molar-refractivity contribution >= 4 is 39.1 Å². The zero-order valence-corrected chi connectivity index (χ0v) is 27.0. The molecule has 0 saturated heterocycles. The number of nitrogens with one attached hydrogen (secondary N) is 1. The number of nitrogens with zero attached hydrogens (tertiary/aromatic N) is 2. The lowest BCUT2D eigenvalue weighted by atomic mass is 10.0. The highest BCUT2D eigenvalue weighted by atomic mass is 35.5. The standard InChI is InChI=1S/C35H38ClN3O4S/c1-25(2)37-35(41)33(22-28-10-6-5-7-11-28)38(23-29-12-8-9-27(4)21-29)34(40)24-39(31-17-15-30(36)16-18-31)44(42,43)32-19-13-26(3)14-20-32/h5-21,25,33H,22-24H2,1-4H3,(H,37,41). The Morgan fingerprint density at radius 3 is 2.05 bits per heavy atom. The summed E-state index contributed by atoms with van der Waals surface area (Å²) in [4.78, 5) is 29.7. The molecule has 0 radical (unpaired) electrons. The van der Waals surface area contributed by atoms with Gasteiger partial charge in [-0.25, -0.2) is 8.42 Å². The maximum Gasteiger partial charge on any atom is 0.264 e. The van der Waals surface area contributed by atoms with E-state index < -0.39 is 28.5 Å². The molecule has 0 bridgehead atoms. The van der Waals surface area contributed by atoms with Crippen molar-refractivity contribution in [1.29, 1.82) is 0 Å². The first-order valence-corrected chi connectivity index (χ1v) is 16.3. The summed E-state index contributed by atoms with van der Waals surface area (Å²) in [6.07, 6.45) is 0.253. The maximum absolute atomic E-state index is 14.5. The van der Waals surface area contributed by atoms with Gasteiger partial charge in [0.05, 0.1) is 10.6 Å². The molecule has 0 spiro atoms. The molecule has 4 rings (SSSR count). The van der Waals surface area contributed by atoms with Gasteiger partial charge in [0.1, 0.15) is 12.6 Å². The van der Waals surface area contributed by atoms with Crippen molar-refractivity contribution in [3.63, 3.8) is 0 Å². The molecule has 0 aliphatic carbocycles. The Morgan fingerprint density at radius 1 is 0.795 bits per heavy atom. The van der Waals surface area contributed by atoms with E-state index in [0.29, 0.717) is 5.02 Å². The molecule has 1 N–H and O–H groups in total. The van der Waals surface area contributed by atoms with Gasteiger partial charge >= 0.3 is 0 Å². The van der Waals surface area contributed by atoms with Gasteiger partial charge in [-0.2, -0.15) is 0 Å². The van der Waals surface area contributed by atoms with E-state index in [-0.39, 0.29) is 35.5 Å². The van der Waals surface area contributed by atoms with E-state index in [0.717, 1.165) is 26.6 Å². The Kier molecular flexibility index (Phi) is 10.8. The molecule has 4 aromatic carbocycles. The molecule has 0 aliphatic heterocycles. The molecule has 0 fully saturated rings. The second-order valence-electron chi connectivity index (χ2n) is 11.2. The third kappa shape index (κ3) is 8.49. The lowest BCUT2D eigenvalue weighted by Crippen LogP contribution is -2.54. The monoisotopic (exact) mass is 631 g/mol. The smallest absolute Gasteiger partial charge is 0.264 e. The van der Waals surface area contributed by atoms with Gasteiger partial charge in [-0.05, 0) is 75.2 Å². The molecular weight excluding hydrogens is 594 g/mol. The summed E-state index contributed by atoms with van der Waals surface area (Å²) >= 11 is 6.13. The van der Waals surface area contributed by atoms with E-state index in [2.05, 4.69) is 5.32 Å². The van der Waals surface area contributed by atoms with Gasteiger partial charge in [-0.1, -0.05) is 89.5 Å². The third-order valence-corrected chi connectivity index (χ3v) is 9.18. The fourth-order valence-corrected chi connectivity index (χ4v) is 6.46. The van der Waals surface area contributed by atoms with Gasteiger partial charge in [0.15, 0.2) is 0 Å². The van der Waals surface area contributed by atoms with Crippen molar-refractivity contribution in [3.05, 3.63) is 130 Å². The average molecular weight is 632 g/mol. The zero-order chi connectivity index (χ0) is 31.9. The van der Waals surface area contributed by atoms with Crippen molar-refractivity contribution < 1.29 is 18.0 Å². The summed E-state index contributed by atoms with van der Waals surface area (Å²) in [5, 5.41) is 3.40. The maximum atomic E-state index is 14.5. The number of halogens is 1. The van der Waals surface area contributed by atoms with Crippen molar-refractivity contribution in [1.82, 2.24) is 10.2 Å². The van der Waals surface area contributed by atoms with Crippen molar-refractivity contribution in [2.45, 2.75) is 57.6 Å². The number of benzene rings is 4. The number of anilines is 1. The molecule has 0 saturated carbocycles. The Hall–Kier alpha value is -4.14. The Balaban J connectivity index is 1.80. The van der Waals surface area contributed by atoms with Crippen molar-refractivity contribution in [3.8, 4) is 0 Å². The fourth-order valence-electron chi connectivity index (χ4n) is 4.92. The number of hydrogen-bond acceptors (Lipinski definition) is 4. The van der Waals surface area contributed by atoms with Gasteiger partial charge in [0.2, 0.25) is 11.8 Å². The lowest BCUT2D eigenvalue weighted by molar-refractivity contribution is -0.140. The summed E-state index contributed by atoms with van der Waals surface area (Å²) in [7, 11) is -4.17. The first kappa shape index (κ1) is 32.8. The second kappa shape index (κ2) is 14.6. The summed E-state index contributed by atoms with van der Waals surface area (Å²) in [6.45, 7) is 7.14. The van der Waals surface area contributed by atoms with Crippen LogP contribution in [0.2, 0.25) is 5.02 Å². The molecular formula is C35H38ClN3O4S. The number of hydrogen-bond donors (Lipinski definition) is 1. The summed E-state index contributed by atoms with van der Waals surface area (Å²) < 4.78 is 29.2. The van der Waals surface area contributed by atoms with Gasteiger partial charge < -0.3 is 10.2 Å². The van der Waals surface area contributed by atoms with Crippen LogP contribution in [0.25, 0.3) is 0 Å². The molecule has 4 aromatic rings. The van der Waals surface area contributed by atoms with Crippen LogP contribution < -0.4 is 9.62 Å². The highest BCUT2D eigenvalue weighted by Crippen LogP contribution is 2.27. The summed E-state index contributed by atoms with van der Waals surface area (Å²) in [5.41, 5.74) is 3.90. The van der Waals surface area contributed by atoms with Crippen LogP contribution in [-0.4, -0.2) is 43.8 Å². The predicted molar refractivity (Wildman–Crippen MR) is 176 cm³/mol. The van der Waals surface area contributed by atoms with E-state index in [4.69, 9.17) is 11.6 Å². The number of rotatable bonds is 12. The normalized spacial score (nSPS) is 12.0. The predicted octanol–water partition coefficient (Wildman–Crippen LogP) is 6.32. The molecule has 44 heavy (non-hydrogen) atoms. The number of sulfonamides is 1. The quantitative estimate of drug-likeness (QED) is 0.198. The van der Waals surface area contributed by atoms with Crippen LogP contribution in [0.15, 0.2) is 108 Å². The van der Waals surface area contributed by atoms with Gasteiger partial charge in [0.25, 0.3) is 10.0 Å². The Bertz CT molecular complexity index is 1680. The second-order valence-corrected chi connectivity index (χ2v) is 13.5. The summed E-state index contributed by atoms with van der Waals surface area (Å²) in [6, 6.07) is 28.9. The minimum absolute atomic E-state index is 0.0504. The van der Waals surface area contributed by atoms with E-state index in [1.54, 1.807) is 36.4 Å². The van der Waals surface area contributed by atoms with Gasteiger partial charge in [-0.15, -0.1) is 0 Å². The first-order chi connectivity index (χ1) is 20.9. The van der Waals surface area contributed by atoms with Gasteiger partial charge in [-0.3, -0.25) is 13.9 Å². The van der Waals surface area contributed by atoms with Crippen LogP contribution >= 0.6 is 11.6 Å². The molecule has 2 amide bonds. The molecule has 0 aliphatic rings. The minimum Gasteiger partial charge on any atom is -0.352 e. The number of aryl methyl sites for hydroxylation is 2.